The summed E-state index contributed by atoms with van der Waals surface area (Å²) in [6.07, 6.45) is 3.81. The molecule has 3 aromatic rings. The van der Waals surface area contributed by atoms with E-state index in [2.05, 4.69) is 10.2 Å². The number of rotatable bonds is 10. The Hall–Kier alpha value is -3.47. The molecular formula is C33H35ClFN3O5S. The van der Waals surface area contributed by atoms with Crippen molar-refractivity contribution in [2.75, 3.05) is 23.9 Å². The second kappa shape index (κ2) is 12.1. The SMILES string of the molecule is O=C(O)CCCN1CCC2(CC1)c1cc(C(=O)NCc3ccccc3Cl)ccc1N(S(=O)(=O)c1ccc(F)cc1)C2C1CC1. The van der Waals surface area contributed by atoms with Gasteiger partial charge in [0.15, 0.2) is 0 Å². The first-order valence-corrected chi connectivity index (χ1v) is 16.8. The smallest absolute Gasteiger partial charge is 0.303 e. The van der Waals surface area contributed by atoms with Crippen molar-refractivity contribution < 1.29 is 27.5 Å². The van der Waals surface area contributed by atoms with Crippen molar-refractivity contribution >= 4 is 39.2 Å². The quantitative estimate of drug-likeness (QED) is 0.299. The lowest BCUT2D eigenvalue weighted by atomic mass is 9.68. The molecule has 2 heterocycles. The third-order valence-electron chi connectivity index (χ3n) is 9.30. The first kappa shape index (κ1) is 30.6. The Morgan fingerprint density at radius 2 is 1.73 bits per heavy atom. The van der Waals surface area contributed by atoms with E-state index < -0.39 is 27.2 Å². The predicted molar refractivity (Wildman–Crippen MR) is 166 cm³/mol. The van der Waals surface area contributed by atoms with Gasteiger partial charge in [-0.2, -0.15) is 0 Å². The van der Waals surface area contributed by atoms with Gasteiger partial charge in [-0.25, -0.2) is 12.8 Å². The van der Waals surface area contributed by atoms with E-state index in [1.165, 1.54) is 12.1 Å². The standard InChI is InChI=1S/C33H35ClFN3O5S/c34-28-5-2-1-4-24(28)21-36-32(41)23-9-14-29-27(20-23)33(15-18-37(19-16-33)17-3-6-30(39)40)31(22-7-8-22)38(29)44(42,43)26-12-10-25(35)11-13-26/h1-2,4-5,9-14,20,22,31H,3,6-8,15-19,21H2,(H,36,41)(H,39,40). The minimum absolute atomic E-state index is 0.0280. The lowest BCUT2D eigenvalue weighted by molar-refractivity contribution is -0.137. The monoisotopic (exact) mass is 639 g/mol. The number of fused-ring (bicyclic) bond motifs is 2. The molecule has 1 amide bonds. The van der Waals surface area contributed by atoms with Crippen molar-refractivity contribution in [2.24, 2.45) is 5.92 Å². The number of sulfonamides is 1. The van der Waals surface area contributed by atoms with Crippen LogP contribution >= 0.6 is 11.6 Å². The summed E-state index contributed by atoms with van der Waals surface area (Å²) in [5.74, 6) is -1.45. The van der Waals surface area contributed by atoms with E-state index in [0.717, 1.165) is 36.1 Å². The first-order chi connectivity index (χ1) is 21.1. The zero-order valence-electron chi connectivity index (χ0n) is 24.2. The van der Waals surface area contributed by atoms with Crippen LogP contribution in [0.5, 0.6) is 0 Å². The average molecular weight is 640 g/mol. The lowest BCUT2D eigenvalue weighted by Gasteiger charge is -2.45. The number of nitrogens with one attached hydrogen (secondary N) is 1. The van der Waals surface area contributed by atoms with Gasteiger partial charge in [-0.1, -0.05) is 29.8 Å². The summed E-state index contributed by atoms with van der Waals surface area (Å²) in [4.78, 5) is 26.7. The Labute approximate surface area is 261 Å². The van der Waals surface area contributed by atoms with E-state index in [1.54, 1.807) is 22.5 Å². The fourth-order valence-corrected chi connectivity index (χ4v) is 8.97. The summed E-state index contributed by atoms with van der Waals surface area (Å²) in [5.41, 5.74) is 2.12. The molecule has 1 unspecified atom stereocenters. The zero-order valence-corrected chi connectivity index (χ0v) is 25.8. The van der Waals surface area contributed by atoms with Crippen LogP contribution in [0.4, 0.5) is 10.1 Å². The number of amides is 1. The molecule has 8 nitrogen and oxygen atoms in total. The Balaban J connectivity index is 1.36. The summed E-state index contributed by atoms with van der Waals surface area (Å²) in [7, 11) is -4.05. The molecule has 44 heavy (non-hydrogen) atoms. The Kier molecular flexibility index (Phi) is 8.43. The Morgan fingerprint density at radius 1 is 1.02 bits per heavy atom. The van der Waals surface area contributed by atoms with Crippen LogP contribution in [0.25, 0.3) is 0 Å². The van der Waals surface area contributed by atoms with Gasteiger partial charge < -0.3 is 15.3 Å². The zero-order chi connectivity index (χ0) is 31.1. The van der Waals surface area contributed by atoms with Gasteiger partial charge in [0.05, 0.1) is 16.6 Å². The van der Waals surface area contributed by atoms with E-state index in [0.29, 0.717) is 55.2 Å². The van der Waals surface area contributed by atoms with Gasteiger partial charge in [0.25, 0.3) is 15.9 Å². The van der Waals surface area contributed by atoms with Crippen molar-refractivity contribution in [2.45, 2.75) is 61.4 Å². The van der Waals surface area contributed by atoms with Crippen LogP contribution in [0.2, 0.25) is 5.02 Å². The first-order valence-electron chi connectivity index (χ1n) is 15.0. The fourth-order valence-electron chi connectivity index (χ4n) is 6.97. The van der Waals surface area contributed by atoms with Crippen molar-refractivity contribution in [3.05, 3.63) is 94.3 Å². The van der Waals surface area contributed by atoms with Crippen LogP contribution in [0.1, 0.15) is 60.0 Å². The third kappa shape index (κ3) is 5.82. The summed E-state index contributed by atoms with van der Waals surface area (Å²) in [6, 6.07) is 17.2. The van der Waals surface area contributed by atoms with Gasteiger partial charge in [-0.3, -0.25) is 13.9 Å². The molecule has 2 fully saturated rings. The molecule has 2 aliphatic heterocycles. The number of halogens is 2. The Morgan fingerprint density at radius 3 is 2.39 bits per heavy atom. The number of piperidine rings is 1. The Bertz CT molecular complexity index is 1670. The highest BCUT2D eigenvalue weighted by atomic mass is 35.5. The highest BCUT2D eigenvalue weighted by Gasteiger charge is 2.60. The molecule has 1 saturated carbocycles. The van der Waals surface area contributed by atoms with Crippen LogP contribution < -0.4 is 9.62 Å². The van der Waals surface area contributed by atoms with Crippen molar-refractivity contribution in [3.8, 4) is 0 Å². The molecule has 11 heteroatoms. The second-order valence-corrected chi connectivity index (χ2v) is 14.3. The summed E-state index contributed by atoms with van der Waals surface area (Å²) < 4.78 is 43.9. The second-order valence-electron chi connectivity index (χ2n) is 12.0. The molecular weight excluding hydrogens is 605 g/mol. The predicted octanol–water partition coefficient (Wildman–Crippen LogP) is 5.60. The van der Waals surface area contributed by atoms with E-state index in [1.807, 2.05) is 24.3 Å². The van der Waals surface area contributed by atoms with Crippen molar-refractivity contribution in [3.63, 3.8) is 0 Å². The maximum absolute atomic E-state index is 14.3. The van der Waals surface area contributed by atoms with Crippen LogP contribution in [-0.2, 0) is 26.8 Å². The van der Waals surface area contributed by atoms with E-state index in [-0.39, 0.29) is 35.7 Å². The number of hydrogen-bond acceptors (Lipinski definition) is 5. The maximum atomic E-state index is 14.3. The number of benzene rings is 3. The van der Waals surface area contributed by atoms with Crippen molar-refractivity contribution in [1.29, 1.82) is 0 Å². The molecule has 0 bridgehead atoms. The molecule has 1 atom stereocenters. The number of hydrogen-bond donors (Lipinski definition) is 2. The maximum Gasteiger partial charge on any atom is 0.303 e. The van der Waals surface area contributed by atoms with Gasteiger partial charge in [-0.15, -0.1) is 0 Å². The van der Waals surface area contributed by atoms with Gasteiger partial charge in [0.1, 0.15) is 5.82 Å². The van der Waals surface area contributed by atoms with Gasteiger partial charge in [0, 0.05) is 29.0 Å². The molecule has 2 N–H and O–H groups in total. The molecule has 1 spiro atoms. The van der Waals surface area contributed by atoms with Crippen LogP contribution in [0.15, 0.2) is 71.6 Å². The number of aliphatic carboxylic acids is 1. The van der Waals surface area contributed by atoms with Gasteiger partial charge in [-0.05, 0) is 117 Å². The molecule has 0 aromatic heterocycles. The average Bonchev–Trinajstić information content (AvgIpc) is 3.81. The topological polar surface area (TPSA) is 107 Å². The normalized spacial score (nSPS) is 19.6. The van der Waals surface area contributed by atoms with E-state index >= 15 is 0 Å². The summed E-state index contributed by atoms with van der Waals surface area (Å²) >= 11 is 6.29. The number of carbonyl (C=O) groups is 2. The number of carbonyl (C=O) groups excluding carboxylic acids is 1. The molecule has 0 radical (unpaired) electrons. The largest absolute Gasteiger partial charge is 0.481 e. The molecule has 3 aliphatic rings. The number of carboxylic acid groups (broad SMARTS) is 1. The number of nitrogens with zero attached hydrogens (tertiary/aromatic N) is 2. The lowest BCUT2D eigenvalue weighted by Crippen LogP contribution is -2.53. The van der Waals surface area contributed by atoms with E-state index in [9.17, 15) is 22.4 Å². The minimum Gasteiger partial charge on any atom is -0.481 e. The summed E-state index contributed by atoms with van der Waals surface area (Å²) in [6.45, 7) is 2.29. The molecule has 1 aliphatic carbocycles. The molecule has 6 rings (SSSR count). The fraction of sp³-hybridized carbons (Fsp3) is 0.394. The molecule has 232 valence electrons. The van der Waals surface area contributed by atoms with E-state index in [4.69, 9.17) is 16.7 Å². The highest BCUT2D eigenvalue weighted by Crippen LogP contribution is 2.59. The van der Waals surface area contributed by atoms with Gasteiger partial charge >= 0.3 is 5.97 Å². The third-order valence-corrected chi connectivity index (χ3v) is 11.5. The summed E-state index contributed by atoms with van der Waals surface area (Å²) in [5, 5.41) is 12.6. The van der Waals surface area contributed by atoms with Crippen molar-refractivity contribution in [1.82, 2.24) is 10.2 Å². The van der Waals surface area contributed by atoms with Crippen LogP contribution in [0, 0.1) is 11.7 Å². The number of carboxylic acids is 1. The highest BCUT2D eigenvalue weighted by molar-refractivity contribution is 7.92. The van der Waals surface area contributed by atoms with Crippen LogP contribution in [-0.4, -0.2) is 56.0 Å². The number of likely N-dealkylation sites (tertiary alicyclic amines) is 1. The molecule has 3 aromatic carbocycles. The van der Waals surface area contributed by atoms with Crippen LogP contribution in [0.3, 0.4) is 0 Å². The number of anilines is 1. The van der Waals surface area contributed by atoms with Gasteiger partial charge in [0.2, 0.25) is 0 Å². The minimum atomic E-state index is -4.05. The molecule has 1 saturated heterocycles.